The molecule has 6 heteroatoms. The van der Waals surface area contributed by atoms with Crippen molar-refractivity contribution in [3.05, 3.63) is 11.4 Å². The molecular formula is C12H14N2O2S2. The van der Waals surface area contributed by atoms with Gasteiger partial charge in [-0.25, -0.2) is 4.98 Å². The van der Waals surface area contributed by atoms with E-state index in [2.05, 4.69) is 10.3 Å². The number of amides is 1. The Bertz CT molecular complexity index is 535. The lowest BCUT2D eigenvalue weighted by molar-refractivity contribution is -0.124. The summed E-state index contributed by atoms with van der Waals surface area (Å²) >= 11 is 3.20. The van der Waals surface area contributed by atoms with Crippen LogP contribution in [0.5, 0.6) is 0 Å². The van der Waals surface area contributed by atoms with Gasteiger partial charge in [-0.2, -0.15) is 0 Å². The lowest BCUT2D eigenvalue weighted by atomic mass is 9.95. The Morgan fingerprint density at radius 3 is 3.28 bits per heavy atom. The zero-order valence-corrected chi connectivity index (χ0v) is 11.6. The first kappa shape index (κ1) is 12.1. The number of nitrogens with zero attached hydrogens (tertiary/aromatic N) is 1. The van der Waals surface area contributed by atoms with E-state index in [1.807, 2.05) is 18.4 Å². The Balaban J connectivity index is 1.68. The Kier molecular flexibility index (Phi) is 3.32. The van der Waals surface area contributed by atoms with Crippen LogP contribution in [0.1, 0.15) is 19.8 Å². The molecule has 18 heavy (non-hydrogen) atoms. The predicted octanol–water partition coefficient (Wildman–Crippen LogP) is 3.11. The molecule has 96 valence electrons. The van der Waals surface area contributed by atoms with Crippen LogP contribution in [0.4, 0.5) is 5.13 Å². The fraction of sp³-hybridized carbons (Fsp3) is 0.500. The van der Waals surface area contributed by atoms with E-state index >= 15 is 0 Å². The third kappa shape index (κ3) is 2.41. The molecule has 2 aromatic heterocycles. The van der Waals surface area contributed by atoms with E-state index in [4.69, 9.17) is 4.74 Å². The second-order valence-corrected chi connectivity index (χ2v) is 6.68. The van der Waals surface area contributed by atoms with Crippen LogP contribution in [0.3, 0.4) is 0 Å². The summed E-state index contributed by atoms with van der Waals surface area (Å²) in [5, 5.41) is 5.65. The third-order valence-electron chi connectivity index (χ3n) is 3.11. The van der Waals surface area contributed by atoms with Gasteiger partial charge in [0.2, 0.25) is 5.91 Å². The van der Waals surface area contributed by atoms with Crippen molar-refractivity contribution in [2.75, 3.05) is 11.9 Å². The molecule has 4 nitrogen and oxygen atoms in total. The maximum absolute atomic E-state index is 12.1. The van der Waals surface area contributed by atoms with E-state index < -0.39 is 0 Å². The monoisotopic (exact) mass is 282 g/mol. The molecule has 0 aliphatic carbocycles. The van der Waals surface area contributed by atoms with Crippen molar-refractivity contribution in [1.82, 2.24) is 4.98 Å². The van der Waals surface area contributed by atoms with Crippen LogP contribution in [0.15, 0.2) is 11.4 Å². The number of hydrogen-bond acceptors (Lipinski definition) is 5. The number of ether oxygens (including phenoxy) is 1. The number of thiophene rings is 1. The number of carbonyl (C=O) groups excluding carboxylic acids is 1. The summed E-state index contributed by atoms with van der Waals surface area (Å²) in [7, 11) is 0. The van der Waals surface area contributed by atoms with E-state index in [9.17, 15) is 4.79 Å². The SMILES string of the molecule is CC1CC(C(=O)Nc2nc3ccsc3s2)CCO1. The molecule has 1 amide bonds. The molecule has 2 aromatic rings. The summed E-state index contributed by atoms with van der Waals surface area (Å²) in [6, 6.07) is 1.97. The van der Waals surface area contributed by atoms with Crippen molar-refractivity contribution in [2.24, 2.45) is 5.92 Å². The summed E-state index contributed by atoms with van der Waals surface area (Å²) < 4.78 is 6.61. The zero-order valence-electron chi connectivity index (χ0n) is 10.0. The Hall–Kier alpha value is -0.980. The van der Waals surface area contributed by atoms with Crippen molar-refractivity contribution >= 4 is 43.2 Å². The van der Waals surface area contributed by atoms with Gasteiger partial charge in [0, 0.05) is 12.5 Å². The Morgan fingerprint density at radius 1 is 1.61 bits per heavy atom. The average molecular weight is 282 g/mol. The maximum atomic E-state index is 12.1. The highest BCUT2D eigenvalue weighted by Crippen LogP contribution is 2.31. The third-order valence-corrected chi connectivity index (χ3v) is 5.12. The summed E-state index contributed by atoms with van der Waals surface area (Å²) in [6.45, 7) is 2.69. The molecule has 1 N–H and O–H groups in total. The number of fused-ring (bicyclic) bond motifs is 1. The van der Waals surface area contributed by atoms with Gasteiger partial charge in [0.15, 0.2) is 5.13 Å². The van der Waals surface area contributed by atoms with Crippen molar-refractivity contribution < 1.29 is 9.53 Å². The minimum atomic E-state index is 0.0516. The van der Waals surface area contributed by atoms with E-state index in [0.717, 1.165) is 22.4 Å². The number of rotatable bonds is 2. The van der Waals surface area contributed by atoms with Crippen LogP contribution < -0.4 is 5.32 Å². The van der Waals surface area contributed by atoms with Crippen molar-refractivity contribution in [1.29, 1.82) is 0 Å². The van der Waals surface area contributed by atoms with E-state index in [1.165, 1.54) is 0 Å². The number of hydrogen-bond donors (Lipinski definition) is 1. The first-order valence-electron chi connectivity index (χ1n) is 5.99. The molecule has 0 aromatic carbocycles. The van der Waals surface area contributed by atoms with Gasteiger partial charge in [-0.3, -0.25) is 4.79 Å². The maximum Gasteiger partial charge on any atom is 0.229 e. The van der Waals surface area contributed by atoms with Crippen LogP contribution in [-0.2, 0) is 9.53 Å². The van der Waals surface area contributed by atoms with Gasteiger partial charge in [-0.15, -0.1) is 11.3 Å². The molecule has 3 rings (SSSR count). The predicted molar refractivity (Wildman–Crippen MR) is 74.3 cm³/mol. The lowest BCUT2D eigenvalue weighted by Crippen LogP contribution is -2.32. The van der Waals surface area contributed by atoms with E-state index in [0.29, 0.717) is 11.7 Å². The second kappa shape index (κ2) is 4.95. The molecule has 1 aliphatic heterocycles. The molecule has 2 unspecified atom stereocenters. The number of nitrogens with one attached hydrogen (secondary N) is 1. The quantitative estimate of drug-likeness (QED) is 0.920. The normalized spacial score (nSPS) is 24.3. The number of aromatic nitrogens is 1. The molecule has 0 saturated carbocycles. The van der Waals surface area contributed by atoms with Crippen LogP contribution in [-0.4, -0.2) is 23.6 Å². The lowest BCUT2D eigenvalue weighted by Gasteiger charge is -2.25. The fourth-order valence-corrected chi connectivity index (χ4v) is 4.01. The molecule has 0 bridgehead atoms. The van der Waals surface area contributed by atoms with Gasteiger partial charge in [-0.05, 0) is 31.2 Å². The largest absolute Gasteiger partial charge is 0.378 e. The minimum absolute atomic E-state index is 0.0516. The van der Waals surface area contributed by atoms with Gasteiger partial charge in [0.25, 0.3) is 0 Å². The van der Waals surface area contributed by atoms with E-state index in [-0.39, 0.29) is 17.9 Å². The van der Waals surface area contributed by atoms with Gasteiger partial charge < -0.3 is 10.1 Å². The summed E-state index contributed by atoms with van der Waals surface area (Å²) in [4.78, 5) is 16.5. The first-order valence-corrected chi connectivity index (χ1v) is 7.68. The first-order chi connectivity index (χ1) is 8.72. The Morgan fingerprint density at radius 2 is 2.50 bits per heavy atom. The second-order valence-electron chi connectivity index (χ2n) is 4.50. The fourth-order valence-electron chi connectivity index (χ4n) is 2.17. The molecule has 0 spiro atoms. The molecule has 1 saturated heterocycles. The number of carbonyl (C=O) groups is 1. The average Bonchev–Trinajstić information content (AvgIpc) is 2.89. The highest BCUT2D eigenvalue weighted by atomic mass is 32.2. The summed E-state index contributed by atoms with van der Waals surface area (Å²) in [5.41, 5.74) is 0.973. The Labute approximate surface area is 113 Å². The zero-order chi connectivity index (χ0) is 12.5. The van der Waals surface area contributed by atoms with Crippen LogP contribution in [0, 0.1) is 5.92 Å². The van der Waals surface area contributed by atoms with Crippen LogP contribution in [0.2, 0.25) is 0 Å². The van der Waals surface area contributed by atoms with Gasteiger partial charge >= 0.3 is 0 Å². The number of anilines is 1. The van der Waals surface area contributed by atoms with Gasteiger partial charge in [0.1, 0.15) is 4.01 Å². The standard InChI is InChI=1S/C12H14N2O2S2/c1-7-6-8(2-4-16-7)10(15)14-12-13-9-3-5-17-11(9)18-12/h3,5,7-8H,2,4,6H2,1H3,(H,13,14,15). The molecule has 2 atom stereocenters. The van der Waals surface area contributed by atoms with Crippen molar-refractivity contribution in [3.8, 4) is 0 Å². The van der Waals surface area contributed by atoms with Crippen LogP contribution >= 0.6 is 22.7 Å². The highest BCUT2D eigenvalue weighted by molar-refractivity contribution is 7.39. The molecule has 1 aliphatic rings. The van der Waals surface area contributed by atoms with Gasteiger partial charge in [-0.1, -0.05) is 11.3 Å². The summed E-state index contributed by atoms with van der Waals surface area (Å²) in [6.07, 6.45) is 1.77. The topological polar surface area (TPSA) is 51.2 Å². The number of thiazole rings is 1. The smallest absolute Gasteiger partial charge is 0.229 e. The summed E-state index contributed by atoms with van der Waals surface area (Å²) in [5.74, 6) is 0.127. The van der Waals surface area contributed by atoms with Crippen molar-refractivity contribution in [2.45, 2.75) is 25.9 Å². The molecule has 3 heterocycles. The van der Waals surface area contributed by atoms with Crippen molar-refractivity contribution in [3.63, 3.8) is 0 Å². The molecule has 1 fully saturated rings. The molecular weight excluding hydrogens is 268 g/mol. The van der Waals surface area contributed by atoms with E-state index in [1.54, 1.807) is 22.7 Å². The minimum Gasteiger partial charge on any atom is -0.378 e. The highest BCUT2D eigenvalue weighted by Gasteiger charge is 2.26. The molecule has 0 radical (unpaired) electrons. The van der Waals surface area contributed by atoms with Crippen LogP contribution in [0.25, 0.3) is 9.53 Å². The van der Waals surface area contributed by atoms with Gasteiger partial charge in [0.05, 0.1) is 11.6 Å².